The number of hydrogen-bond donors (Lipinski definition) is 0. The Morgan fingerprint density at radius 3 is 1.90 bits per heavy atom. The Bertz CT molecular complexity index is 581. The molecule has 0 atom stereocenters. The zero-order chi connectivity index (χ0) is 14.1. The Morgan fingerprint density at radius 1 is 0.714 bits per heavy atom. The maximum absolute atomic E-state index is 2.61. The average molecular weight is 279 g/mol. The van der Waals surface area contributed by atoms with Crippen molar-refractivity contribution in [3.63, 3.8) is 0 Å². The van der Waals surface area contributed by atoms with Gasteiger partial charge in [0.05, 0.1) is 19.6 Å². The van der Waals surface area contributed by atoms with Gasteiger partial charge in [-0.05, 0) is 11.1 Å². The number of rotatable bonds is 3. The van der Waals surface area contributed by atoms with Gasteiger partial charge in [0.2, 0.25) is 0 Å². The lowest BCUT2D eigenvalue weighted by molar-refractivity contribution is -0.953. The smallest absolute Gasteiger partial charge is 0.104 e. The summed E-state index contributed by atoms with van der Waals surface area (Å²) in [5, 5.41) is 0. The van der Waals surface area contributed by atoms with Crippen LogP contribution in [0.5, 0.6) is 0 Å². The third kappa shape index (κ3) is 2.61. The lowest BCUT2D eigenvalue weighted by Gasteiger charge is -2.50. The van der Waals surface area contributed by atoms with Gasteiger partial charge in [0, 0.05) is 25.2 Å². The molecule has 0 unspecified atom stereocenters. The zero-order valence-corrected chi connectivity index (χ0v) is 12.5. The number of hydrogen-bond acceptors (Lipinski definition) is 1. The molecule has 2 aromatic rings. The molecule has 0 saturated carbocycles. The van der Waals surface area contributed by atoms with Crippen LogP contribution in [0, 0.1) is 0 Å². The molecular weight excluding hydrogens is 256 g/mol. The lowest BCUT2D eigenvalue weighted by atomic mass is 10.0. The molecule has 108 valence electrons. The molecule has 21 heavy (non-hydrogen) atoms. The van der Waals surface area contributed by atoms with Gasteiger partial charge < -0.3 is 4.48 Å². The molecule has 2 bridgehead atoms. The first-order valence-electron chi connectivity index (χ1n) is 8.05. The summed E-state index contributed by atoms with van der Waals surface area (Å²) >= 11 is 0. The zero-order valence-electron chi connectivity index (χ0n) is 12.5. The van der Waals surface area contributed by atoms with Gasteiger partial charge in [-0.25, -0.2) is 0 Å². The molecule has 2 nitrogen and oxygen atoms in total. The molecule has 3 saturated heterocycles. The van der Waals surface area contributed by atoms with E-state index in [2.05, 4.69) is 59.5 Å². The number of fused-ring (bicyclic) bond motifs is 3. The Balaban J connectivity index is 1.52. The van der Waals surface area contributed by atoms with E-state index in [9.17, 15) is 0 Å². The quantitative estimate of drug-likeness (QED) is 0.781. The van der Waals surface area contributed by atoms with Gasteiger partial charge in [-0.1, -0.05) is 54.6 Å². The molecule has 5 rings (SSSR count). The molecule has 0 spiro atoms. The summed E-state index contributed by atoms with van der Waals surface area (Å²) in [6.07, 6.45) is 0. The molecule has 0 amide bonds. The normalized spacial score (nSPS) is 27.7. The average Bonchev–Trinajstić information content (AvgIpc) is 2.58. The fourth-order valence-corrected chi connectivity index (χ4v) is 3.79. The predicted octanol–water partition coefficient (Wildman–Crippen LogP) is 3.00. The van der Waals surface area contributed by atoms with Gasteiger partial charge in [0.1, 0.15) is 6.54 Å². The summed E-state index contributed by atoms with van der Waals surface area (Å²) in [4.78, 5) is 2.61. The second kappa shape index (κ2) is 5.28. The maximum Gasteiger partial charge on any atom is 0.104 e. The van der Waals surface area contributed by atoms with Gasteiger partial charge >= 0.3 is 0 Å². The third-order valence-electron chi connectivity index (χ3n) is 5.25. The van der Waals surface area contributed by atoms with Gasteiger partial charge in [-0.15, -0.1) is 0 Å². The van der Waals surface area contributed by atoms with Crippen LogP contribution in [0.1, 0.15) is 5.56 Å². The summed E-state index contributed by atoms with van der Waals surface area (Å²) in [5.74, 6) is 0. The largest absolute Gasteiger partial charge is 0.317 e. The summed E-state index contributed by atoms with van der Waals surface area (Å²) in [6, 6.07) is 19.9. The van der Waals surface area contributed by atoms with Crippen LogP contribution >= 0.6 is 0 Å². The minimum absolute atomic E-state index is 1.21. The van der Waals surface area contributed by atoms with E-state index in [0.29, 0.717) is 0 Å². The SMILES string of the molecule is c1ccc(-c2ccc(C[N+]34CCN(CC3)CC4)cc2)cc1. The van der Waals surface area contributed by atoms with Crippen LogP contribution in [-0.2, 0) is 6.54 Å². The summed E-state index contributed by atoms with van der Waals surface area (Å²) in [7, 11) is 0. The predicted molar refractivity (Wildman–Crippen MR) is 86.9 cm³/mol. The van der Waals surface area contributed by atoms with Gasteiger partial charge in [-0.3, -0.25) is 4.90 Å². The highest BCUT2D eigenvalue weighted by Gasteiger charge is 2.38. The first-order valence-corrected chi connectivity index (χ1v) is 8.05. The lowest BCUT2D eigenvalue weighted by Crippen LogP contribution is -2.66. The van der Waals surface area contributed by atoms with Crippen LogP contribution in [0.2, 0.25) is 0 Å². The van der Waals surface area contributed by atoms with Crippen LogP contribution in [0.4, 0.5) is 0 Å². The first kappa shape index (κ1) is 13.1. The summed E-state index contributed by atoms with van der Waals surface area (Å²) in [6.45, 7) is 9.09. The van der Waals surface area contributed by atoms with Crippen molar-refractivity contribution in [2.75, 3.05) is 39.3 Å². The van der Waals surface area contributed by atoms with Crippen LogP contribution in [0.25, 0.3) is 11.1 Å². The minimum Gasteiger partial charge on any atom is -0.317 e. The van der Waals surface area contributed by atoms with E-state index >= 15 is 0 Å². The summed E-state index contributed by atoms with van der Waals surface area (Å²) < 4.78 is 1.31. The van der Waals surface area contributed by atoms with Crippen LogP contribution < -0.4 is 0 Å². The number of nitrogens with zero attached hydrogens (tertiary/aromatic N) is 2. The molecule has 3 aliphatic heterocycles. The van der Waals surface area contributed by atoms with Crippen molar-refractivity contribution >= 4 is 0 Å². The Hall–Kier alpha value is -1.64. The van der Waals surface area contributed by atoms with Crippen molar-refractivity contribution in [1.82, 2.24) is 4.90 Å². The van der Waals surface area contributed by atoms with Crippen LogP contribution in [0.3, 0.4) is 0 Å². The maximum atomic E-state index is 2.61. The van der Waals surface area contributed by atoms with Crippen molar-refractivity contribution in [3.8, 4) is 11.1 Å². The second-order valence-electron chi connectivity index (χ2n) is 6.58. The van der Waals surface area contributed by atoms with E-state index in [0.717, 1.165) is 0 Å². The van der Waals surface area contributed by atoms with Crippen molar-refractivity contribution in [2.45, 2.75) is 6.54 Å². The standard InChI is InChI=1S/C19H23N2/c1-2-4-18(5-3-1)19-8-6-17(7-9-19)16-21-13-10-20(11-14-21)12-15-21/h1-9H,10-16H2/q+1. The second-order valence-corrected chi connectivity index (χ2v) is 6.58. The molecule has 2 heteroatoms. The van der Waals surface area contributed by atoms with Gasteiger partial charge in [0.25, 0.3) is 0 Å². The van der Waals surface area contributed by atoms with Crippen LogP contribution in [-0.4, -0.2) is 48.7 Å². The monoisotopic (exact) mass is 279 g/mol. The van der Waals surface area contributed by atoms with E-state index in [4.69, 9.17) is 0 Å². The number of piperazine rings is 3. The van der Waals surface area contributed by atoms with Gasteiger partial charge in [0.15, 0.2) is 0 Å². The van der Waals surface area contributed by atoms with Crippen molar-refractivity contribution in [3.05, 3.63) is 60.2 Å². The van der Waals surface area contributed by atoms with E-state index in [-0.39, 0.29) is 0 Å². The van der Waals surface area contributed by atoms with Crippen LogP contribution in [0.15, 0.2) is 54.6 Å². The molecule has 0 radical (unpaired) electrons. The molecule has 3 heterocycles. The third-order valence-corrected chi connectivity index (χ3v) is 5.25. The summed E-state index contributed by atoms with van der Waals surface area (Å²) in [5.41, 5.74) is 4.12. The van der Waals surface area contributed by atoms with E-state index < -0.39 is 0 Å². The number of quaternary nitrogens is 1. The highest BCUT2D eigenvalue weighted by Crippen LogP contribution is 2.25. The fraction of sp³-hybridized carbons (Fsp3) is 0.368. The van der Waals surface area contributed by atoms with E-state index in [1.807, 2.05) is 0 Å². The molecule has 0 N–H and O–H groups in total. The molecule has 0 aliphatic carbocycles. The minimum atomic E-state index is 1.21. The molecule has 3 aliphatic rings. The molecule has 0 aromatic heterocycles. The Labute approximate surface area is 127 Å². The van der Waals surface area contributed by atoms with Gasteiger partial charge in [-0.2, -0.15) is 0 Å². The molecule has 2 aromatic carbocycles. The molecule has 3 fully saturated rings. The number of benzene rings is 2. The Morgan fingerprint density at radius 2 is 1.29 bits per heavy atom. The topological polar surface area (TPSA) is 3.24 Å². The first-order chi connectivity index (χ1) is 10.3. The fourth-order valence-electron chi connectivity index (χ4n) is 3.79. The van der Waals surface area contributed by atoms with E-state index in [1.165, 1.54) is 67.0 Å². The highest BCUT2D eigenvalue weighted by molar-refractivity contribution is 5.63. The van der Waals surface area contributed by atoms with Crippen molar-refractivity contribution in [2.24, 2.45) is 0 Å². The van der Waals surface area contributed by atoms with Crippen molar-refractivity contribution < 1.29 is 4.48 Å². The van der Waals surface area contributed by atoms with Crippen molar-refractivity contribution in [1.29, 1.82) is 0 Å². The Kier molecular flexibility index (Phi) is 3.28. The van der Waals surface area contributed by atoms with E-state index in [1.54, 1.807) is 0 Å². The molecular formula is C19H23N2+. The highest BCUT2D eigenvalue weighted by atomic mass is 15.4.